The van der Waals surface area contributed by atoms with Crippen LogP contribution in [0.2, 0.25) is 0 Å². The zero-order chi connectivity index (χ0) is 14.8. The summed E-state index contributed by atoms with van der Waals surface area (Å²) in [5, 5.41) is 5.04. The molecule has 2 aromatic heterocycles. The van der Waals surface area contributed by atoms with Crippen LogP contribution < -0.4 is 5.73 Å². The van der Waals surface area contributed by atoms with Crippen LogP contribution in [0.4, 0.5) is 0 Å². The van der Waals surface area contributed by atoms with Crippen LogP contribution in [0.5, 0.6) is 0 Å². The van der Waals surface area contributed by atoms with Crippen molar-refractivity contribution >= 4 is 28.6 Å². The molecule has 1 saturated heterocycles. The van der Waals surface area contributed by atoms with Crippen molar-refractivity contribution in [1.82, 2.24) is 9.88 Å². The number of amides is 1. The molecule has 0 spiro atoms. The summed E-state index contributed by atoms with van der Waals surface area (Å²) in [7, 11) is 0. The Labute approximate surface area is 132 Å². The van der Waals surface area contributed by atoms with Crippen molar-refractivity contribution in [3.63, 3.8) is 0 Å². The van der Waals surface area contributed by atoms with Gasteiger partial charge >= 0.3 is 0 Å². The van der Waals surface area contributed by atoms with Crippen LogP contribution in [0, 0.1) is 5.92 Å². The van der Waals surface area contributed by atoms with Crippen molar-refractivity contribution in [2.45, 2.75) is 25.8 Å². The van der Waals surface area contributed by atoms with Gasteiger partial charge < -0.3 is 10.6 Å². The Bertz CT molecular complexity index is 608. The number of rotatable bonds is 4. The van der Waals surface area contributed by atoms with Crippen LogP contribution in [0.1, 0.15) is 19.0 Å². The van der Waals surface area contributed by atoms with Gasteiger partial charge in [-0.3, -0.25) is 4.79 Å². The fourth-order valence-corrected chi connectivity index (χ4v) is 4.45. The van der Waals surface area contributed by atoms with Gasteiger partial charge in [-0.25, -0.2) is 4.98 Å². The maximum atomic E-state index is 12.4. The zero-order valence-corrected chi connectivity index (χ0v) is 13.6. The molecule has 2 N–H and O–H groups in total. The molecule has 6 heteroatoms. The van der Waals surface area contributed by atoms with Gasteiger partial charge in [0.2, 0.25) is 5.91 Å². The number of carbonyl (C=O) groups excluding carboxylic acids is 1. The Morgan fingerprint density at radius 1 is 1.52 bits per heavy atom. The molecule has 0 radical (unpaired) electrons. The maximum Gasteiger partial charge on any atom is 0.228 e. The van der Waals surface area contributed by atoms with E-state index in [4.69, 9.17) is 5.73 Å². The van der Waals surface area contributed by atoms with Crippen molar-refractivity contribution in [2.75, 3.05) is 13.1 Å². The molecular formula is C15H19N3OS2. The monoisotopic (exact) mass is 321 g/mol. The predicted octanol–water partition coefficient (Wildman–Crippen LogP) is 2.61. The average Bonchev–Trinajstić information content (AvgIpc) is 3.17. The first kappa shape index (κ1) is 14.7. The number of likely N-dealkylation sites (tertiary alicyclic amines) is 1. The van der Waals surface area contributed by atoms with Gasteiger partial charge in [0.1, 0.15) is 5.01 Å². The van der Waals surface area contributed by atoms with Crippen LogP contribution in [0.25, 0.3) is 9.88 Å². The highest BCUT2D eigenvalue weighted by Gasteiger charge is 2.31. The molecule has 0 aliphatic carbocycles. The van der Waals surface area contributed by atoms with E-state index in [1.54, 1.807) is 22.7 Å². The third-order valence-corrected chi connectivity index (χ3v) is 5.86. The molecule has 0 saturated carbocycles. The molecule has 0 bridgehead atoms. The number of nitrogens with two attached hydrogens (primary N) is 1. The number of nitrogens with zero attached hydrogens (tertiary/aromatic N) is 2. The highest BCUT2D eigenvalue weighted by Crippen LogP contribution is 2.28. The Balaban J connectivity index is 1.65. The van der Waals surface area contributed by atoms with Crippen LogP contribution in [-0.4, -0.2) is 34.9 Å². The van der Waals surface area contributed by atoms with Crippen LogP contribution in [0.15, 0.2) is 22.9 Å². The summed E-state index contributed by atoms with van der Waals surface area (Å²) in [6.07, 6.45) is 1.41. The van der Waals surface area contributed by atoms with Gasteiger partial charge in [0.25, 0.3) is 0 Å². The Hall–Kier alpha value is -1.24. The highest BCUT2D eigenvalue weighted by molar-refractivity contribution is 7.20. The van der Waals surface area contributed by atoms with Gasteiger partial charge in [-0.05, 0) is 37.3 Å². The minimum absolute atomic E-state index is 0.168. The minimum atomic E-state index is 0.168. The fraction of sp³-hybridized carbons (Fsp3) is 0.467. The van der Waals surface area contributed by atoms with Crippen molar-refractivity contribution in [3.8, 4) is 9.88 Å². The molecule has 3 rings (SSSR count). The van der Waals surface area contributed by atoms with Crippen LogP contribution in [0.3, 0.4) is 0 Å². The largest absolute Gasteiger partial charge is 0.339 e. The van der Waals surface area contributed by atoms with E-state index >= 15 is 0 Å². The third-order valence-electron chi connectivity index (χ3n) is 3.93. The first-order valence-electron chi connectivity index (χ1n) is 7.15. The van der Waals surface area contributed by atoms with Crippen LogP contribution in [-0.2, 0) is 11.2 Å². The molecule has 2 atom stereocenters. The van der Waals surface area contributed by atoms with Gasteiger partial charge in [-0.15, -0.1) is 22.7 Å². The van der Waals surface area contributed by atoms with E-state index in [0.29, 0.717) is 24.9 Å². The quantitative estimate of drug-likeness (QED) is 0.941. The minimum Gasteiger partial charge on any atom is -0.339 e. The molecule has 2 aromatic rings. The van der Waals surface area contributed by atoms with Gasteiger partial charge in [0.05, 0.1) is 17.0 Å². The number of carbonyl (C=O) groups is 1. The second-order valence-corrected chi connectivity index (χ2v) is 7.34. The molecule has 3 heterocycles. The molecule has 1 aliphatic heterocycles. The van der Waals surface area contributed by atoms with E-state index in [2.05, 4.69) is 18.0 Å². The van der Waals surface area contributed by atoms with E-state index in [-0.39, 0.29) is 5.91 Å². The summed E-state index contributed by atoms with van der Waals surface area (Å²) >= 11 is 3.28. The van der Waals surface area contributed by atoms with E-state index in [9.17, 15) is 4.79 Å². The fourth-order valence-electron chi connectivity index (χ4n) is 2.82. The van der Waals surface area contributed by atoms with Gasteiger partial charge in [0.15, 0.2) is 0 Å². The Morgan fingerprint density at radius 2 is 2.38 bits per heavy atom. The summed E-state index contributed by atoms with van der Waals surface area (Å²) in [5.41, 5.74) is 6.59. The summed E-state index contributed by atoms with van der Waals surface area (Å²) in [6.45, 7) is 3.55. The van der Waals surface area contributed by atoms with E-state index in [0.717, 1.165) is 28.5 Å². The van der Waals surface area contributed by atoms with Crippen molar-refractivity contribution < 1.29 is 4.79 Å². The molecule has 21 heavy (non-hydrogen) atoms. The zero-order valence-electron chi connectivity index (χ0n) is 12.0. The number of thiophene rings is 1. The SMILES string of the molecule is CC1CC(CN)CN1C(=O)Cc1csc(-c2cccs2)n1. The van der Waals surface area contributed by atoms with E-state index in [1.807, 2.05) is 21.7 Å². The maximum absolute atomic E-state index is 12.4. The smallest absolute Gasteiger partial charge is 0.228 e. The summed E-state index contributed by atoms with van der Waals surface area (Å²) in [4.78, 5) is 20.1. The molecule has 4 nitrogen and oxygen atoms in total. The molecule has 112 valence electrons. The Kier molecular flexibility index (Phi) is 4.37. The standard InChI is InChI=1S/C15H19N3OS2/c1-10-5-11(7-16)8-18(10)14(19)6-12-9-21-15(17-12)13-3-2-4-20-13/h2-4,9-11H,5-8,16H2,1H3. The molecule has 0 aromatic carbocycles. The lowest BCUT2D eigenvalue weighted by Gasteiger charge is -2.21. The first-order valence-corrected chi connectivity index (χ1v) is 8.91. The molecule has 2 unspecified atom stereocenters. The molecular weight excluding hydrogens is 302 g/mol. The van der Waals surface area contributed by atoms with Crippen molar-refractivity contribution in [3.05, 3.63) is 28.6 Å². The second-order valence-electron chi connectivity index (χ2n) is 5.53. The third kappa shape index (κ3) is 3.17. The normalized spacial score (nSPS) is 21.9. The number of hydrogen-bond acceptors (Lipinski definition) is 5. The number of aromatic nitrogens is 1. The van der Waals surface area contributed by atoms with Gasteiger partial charge in [-0.2, -0.15) is 0 Å². The van der Waals surface area contributed by atoms with Gasteiger partial charge in [0, 0.05) is 18.0 Å². The first-order chi connectivity index (χ1) is 10.2. The van der Waals surface area contributed by atoms with Crippen molar-refractivity contribution in [2.24, 2.45) is 11.7 Å². The average molecular weight is 321 g/mol. The molecule has 1 aliphatic rings. The Morgan fingerprint density at radius 3 is 3.05 bits per heavy atom. The predicted molar refractivity (Wildman–Crippen MR) is 87.5 cm³/mol. The lowest BCUT2D eigenvalue weighted by molar-refractivity contribution is -0.131. The van der Waals surface area contributed by atoms with Gasteiger partial charge in [-0.1, -0.05) is 6.07 Å². The van der Waals surface area contributed by atoms with Crippen molar-refractivity contribution in [1.29, 1.82) is 0 Å². The molecule has 1 fully saturated rings. The lowest BCUT2D eigenvalue weighted by Crippen LogP contribution is -2.35. The lowest BCUT2D eigenvalue weighted by atomic mass is 10.1. The summed E-state index contributed by atoms with van der Waals surface area (Å²) in [5.74, 6) is 0.613. The summed E-state index contributed by atoms with van der Waals surface area (Å²) < 4.78 is 0. The number of hydrogen-bond donors (Lipinski definition) is 1. The highest BCUT2D eigenvalue weighted by atomic mass is 32.1. The number of thiazole rings is 1. The summed E-state index contributed by atoms with van der Waals surface area (Å²) in [6, 6.07) is 4.37. The second kappa shape index (κ2) is 6.25. The van der Waals surface area contributed by atoms with E-state index in [1.165, 1.54) is 0 Å². The van der Waals surface area contributed by atoms with Crippen LogP contribution >= 0.6 is 22.7 Å². The molecule has 1 amide bonds. The topological polar surface area (TPSA) is 59.2 Å². The van der Waals surface area contributed by atoms with E-state index < -0.39 is 0 Å².